The van der Waals surface area contributed by atoms with Gasteiger partial charge in [-0.25, -0.2) is 0 Å². The van der Waals surface area contributed by atoms with E-state index in [0.29, 0.717) is 0 Å². The molecule has 4 nitrogen and oxygen atoms in total. The second-order valence-corrected chi connectivity index (χ2v) is 3.97. The molecule has 0 aromatic carbocycles. The van der Waals surface area contributed by atoms with Gasteiger partial charge in [0.25, 0.3) is 0 Å². The van der Waals surface area contributed by atoms with Gasteiger partial charge in [0.1, 0.15) is 5.82 Å². The third-order valence-corrected chi connectivity index (χ3v) is 3.10. The van der Waals surface area contributed by atoms with Crippen LogP contribution >= 0.6 is 0 Å². The molecule has 0 spiro atoms. The van der Waals surface area contributed by atoms with Crippen LogP contribution in [0.15, 0.2) is 0 Å². The molecule has 2 rings (SSSR count). The molecule has 2 heterocycles. The van der Waals surface area contributed by atoms with Crippen molar-refractivity contribution in [3.05, 3.63) is 11.3 Å². The van der Waals surface area contributed by atoms with Crippen LogP contribution in [0, 0.1) is 0 Å². The first-order valence-electron chi connectivity index (χ1n) is 5.78. The zero-order valence-electron chi connectivity index (χ0n) is 9.88. The van der Waals surface area contributed by atoms with Crippen molar-refractivity contribution in [2.24, 2.45) is 7.05 Å². The number of rotatable bonds is 3. The molecule has 1 aliphatic rings. The van der Waals surface area contributed by atoms with Gasteiger partial charge in [0.2, 0.25) is 0 Å². The predicted octanol–water partition coefficient (Wildman–Crippen LogP) is 0.912. The van der Waals surface area contributed by atoms with E-state index in [1.807, 2.05) is 11.7 Å². The second-order valence-electron chi connectivity index (χ2n) is 3.97. The number of hydrogen-bond acceptors (Lipinski definition) is 3. The van der Waals surface area contributed by atoms with Crippen LogP contribution in [0.5, 0.6) is 0 Å². The Kier molecular flexibility index (Phi) is 2.95. The highest BCUT2D eigenvalue weighted by Gasteiger charge is 2.21. The van der Waals surface area contributed by atoms with Crippen LogP contribution < -0.4 is 10.2 Å². The summed E-state index contributed by atoms with van der Waals surface area (Å²) in [6.45, 7) is 8.50. The maximum absolute atomic E-state index is 4.58. The number of nitrogens with zero attached hydrogens (tertiary/aromatic N) is 3. The fraction of sp³-hybridized carbons (Fsp3) is 0.727. The molecule has 0 radical (unpaired) electrons. The Morgan fingerprint density at radius 3 is 2.80 bits per heavy atom. The fourth-order valence-corrected chi connectivity index (χ4v) is 2.35. The van der Waals surface area contributed by atoms with E-state index in [9.17, 15) is 0 Å². The van der Waals surface area contributed by atoms with Gasteiger partial charge in [-0.15, -0.1) is 0 Å². The molecule has 4 heteroatoms. The Hall–Kier alpha value is -1.03. The molecule has 1 aliphatic heterocycles. The third-order valence-electron chi connectivity index (χ3n) is 3.10. The van der Waals surface area contributed by atoms with Gasteiger partial charge < -0.3 is 10.2 Å². The molecular formula is C11H20N4. The average molecular weight is 208 g/mol. The lowest BCUT2D eigenvalue weighted by Crippen LogP contribution is -2.28. The van der Waals surface area contributed by atoms with E-state index in [1.54, 1.807) is 0 Å². The van der Waals surface area contributed by atoms with Gasteiger partial charge in [0, 0.05) is 32.2 Å². The Labute approximate surface area is 91.3 Å². The summed E-state index contributed by atoms with van der Waals surface area (Å²) < 4.78 is 2.03. The summed E-state index contributed by atoms with van der Waals surface area (Å²) in [7, 11) is 2.05. The first-order valence-corrected chi connectivity index (χ1v) is 5.78. The van der Waals surface area contributed by atoms with E-state index in [1.165, 1.54) is 17.1 Å². The highest BCUT2D eigenvalue weighted by Crippen LogP contribution is 2.25. The van der Waals surface area contributed by atoms with Crippen LogP contribution in [-0.2, 0) is 20.0 Å². The van der Waals surface area contributed by atoms with Crippen LogP contribution in [-0.4, -0.2) is 29.4 Å². The Morgan fingerprint density at radius 1 is 1.40 bits per heavy atom. The third kappa shape index (κ3) is 1.74. The minimum atomic E-state index is 0.921. The van der Waals surface area contributed by atoms with E-state index in [4.69, 9.17) is 0 Å². The van der Waals surface area contributed by atoms with E-state index < -0.39 is 0 Å². The molecule has 15 heavy (non-hydrogen) atoms. The molecule has 1 N–H and O–H groups in total. The van der Waals surface area contributed by atoms with Crippen molar-refractivity contribution in [2.75, 3.05) is 24.5 Å². The van der Waals surface area contributed by atoms with Gasteiger partial charge in [0.05, 0.1) is 5.69 Å². The van der Waals surface area contributed by atoms with Crippen molar-refractivity contribution in [2.45, 2.75) is 26.8 Å². The summed E-state index contributed by atoms with van der Waals surface area (Å²) in [6.07, 6.45) is 1.11. The van der Waals surface area contributed by atoms with Crippen LogP contribution in [0.2, 0.25) is 0 Å². The van der Waals surface area contributed by atoms with E-state index in [0.717, 1.165) is 32.6 Å². The van der Waals surface area contributed by atoms with Gasteiger partial charge in [-0.05, 0) is 26.8 Å². The molecule has 84 valence electrons. The van der Waals surface area contributed by atoms with E-state index in [-0.39, 0.29) is 0 Å². The Morgan fingerprint density at radius 2 is 2.13 bits per heavy atom. The molecule has 0 saturated carbocycles. The summed E-state index contributed by atoms with van der Waals surface area (Å²) >= 11 is 0. The maximum Gasteiger partial charge on any atom is 0.130 e. The lowest BCUT2D eigenvalue weighted by molar-refractivity contribution is 0.625. The molecule has 0 fully saturated rings. The van der Waals surface area contributed by atoms with Gasteiger partial charge in [-0.2, -0.15) is 5.10 Å². The van der Waals surface area contributed by atoms with Crippen molar-refractivity contribution in [1.29, 1.82) is 0 Å². The molecule has 1 aromatic rings. The van der Waals surface area contributed by atoms with Crippen LogP contribution in [0.4, 0.5) is 5.82 Å². The van der Waals surface area contributed by atoms with Crippen LogP contribution in [0.3, 0.4) is 0 Å². The smallest absolute Gasteiger partial charge is 0.130 e. The average Bonchev–Trinajstić information content (AvgIpc) is 2.58. The quantitative estimate of drug-likeness (QED) is 0.801. The minimum absolute atomic E-state index is 0.921. The first-order chi connectivity index (χ1) is 7.27. The monoisotopic (exact) mass is 208 g/mol. The number of hydrogen-bond donors (Lipinski definition) is 1. The molecule has 0 saturated heterocycles. The molecular weight excluding hydrogens is 188 g/mol. The highest BCUT2D eigenvalue weighted by atomic mass is 15.4. The summed E-state index contributed by atoms with van der Waals surface area (Å²) in [5.74, 6) is 1.32. The fourth-order valence-electron chi connectivity index (χ4n) is 2.35. The molecule has 0 atom stereocenters. The van der Waals surface area contributed by atoms with Gasteiger partial charge in [0.15, 0.2) is 0 Å². The van der Waals surface area contributed by atoms with Crippen molar-refractivity contribution >= 4 is 5.82 Å². The van der Waals surface area contributed by atoms with Gasteiger partial charge in [-0.1, -0.05) is 0 Å². The van der Waals surface area contributed by atoms with Crippen molar-refractivity contribution in [3.8, 4) is 0 Å². The normalized spacial score (nSPS) is 15.1. The standard InChI is InChI=1S/C11H20N4/c1-4-15(5-2)11-9-6-7-12-8-10(9)13-14(11)3/h12H,4-8H2,1-3H3. The SMILES string of the molecule is CCN(CC)c1c2c(nn1C)CNCC2. The van der Waals surface area contributed by atoms with E-state index in [2.05, 4.69) is 29.2 Å². The number of aromatic nitrogens is 2. The van der Waals surface area contributed by atoms with E-state index >= 15 is 0 Å². The molecule has 0 amide bonds. The summed E-state index contributed by atoms with van der Waals surface area (Å²) in [5, 5.41) is 7.94. The summed E-state index contributed by atoms with van der Waals surface area (Å²) in [5.41, 5.74) is 2.67. The molecule has 1 aromatic heterocycles. The predicted molar refractivity (Wildman–Crippen MR) is 62.2 cm³/mol. The van der Waals surface area contributed by atoms with Crippen molar-refractivity contribution < 1.29 is 0 Å². The molecule has 0 bridgehead atoms. The van der Waals surface area contributed by atoms with Crippen LogP contribution in [0.1, 0.15) is 25.1 Å². The number of aryl methyl sites for hydroxylation is 1. The van der Waals surface area contributed by atoms with Gasteiger partial charge >= 0.3 is 0 Å². The lowest BCUT2D eigenvalue weighted by Gasteiger charge is -2.23. The summed E-state index contributed by atoms with van der Waals surface area (Å²) in [6, 6.07) is 0. The van der Waals surface area contributed by atoms with Crippen LogP contribution in [0.25, 0.3) is 0 Å². The lowest BCUT2D eigenvalue weighted by atomic mass is 10.1. The zero-order valence-corrected chi connectivity index (χ0v) is 9.88. The zero-order chi connectivity index (χ0) is 10.8. The van der Waals surface area contributed by atoms with Crippen molar-refractivity contribution in [3.63, 3.8) is 0 Å². The number of fused-ring (bicyclic) bond motifs is 1. The largest absolute Gasteiger partial charge is 0.357 e. The Bertz CT molecular complexity index is 339. The Balaban J connectivity index is 2.40. The minimum Gasteiger partial charge on any atom is -0.357 e. The number of nitrogens with one attached hydrogen (secondary N) is 1. The highest BCUT2D eigenvalue weighted by molar-refractivity contribution is 5.51. The summed E-state index contributed by atoms with van der Waals surface area (Å²) in [4.78, 5) is 2.39. The van der Waals surface area contributed by atoms with Crippen molar-refractivity contribution in [1.82, 2.24) is 15.1 Å². The molecule has 0 unspecified atom stereocenters. The topological polar surface area (TPSA) is 33.1 Å². The number of anilines is 1. The maximum atomic E-state index is 4.58. The van der Waals surface area contributed by atoms with Gasteiger partial charge in [-0.3, -0.25) is 4.68 Å². The molecule has 0 aliphatic carbocycles. The first kappa shape index (κ1) is 10.5. The second kappa shape index (κ2) is 4.23.